The van der Waals surface area contributed by atoms with Crippen molar-refractivity contribution in [2.75, 3.05) is 6.54 Å². The van der Waals surface area contributed by atoms with Gasteiger partial charge in [-0.15, -0.1) is 0 Å². The first-order chi connectivity index (χ1) is 7.61. The number of piperidine rings is 1. The number of aliphatic hydroxyl groups excluding tert-OH is 2. The van der Waals surface area contributed by atoms with E-state index in [1.807, 2.05) is 0 Å². The topological polar surface area (TPSA) is 46.9 Å². The molecule has 1 saturated heterocycles. The van der Waals surface area contributed by atoms with Crippen molar-refractivity contribution in [3.63, 3.8) is 0 Å². The van der Waals surface area contributed by atoms with Gasteiger partial charge in [-0.1, -0.05) is 13.8 Å². The van der Waals surface area contributed by atoms with E-state index in [0.29, 0.717) is 0 Å². The zero-order chi connectivity index (χ0) is 13.4. The van der Waals surface area contributed by atoms with Crippen LogP contribution < -0.4 is 0 Å². The van der Waals surface area contributed by atoms with E-state index in [0.717, 1.165) is 13.0 Å². The van der Waals surface area contributed by atoms with Gasteiger partial charge in [-0.3, -0.25) is 0 Å². The highest BCUT2D eigenvalue weighted by molar-refractivity contribution is 4.97. The molecule has 0 bridgehead atoms. The number of hydrazine groups is 1. The minimum absolute atomic E-state index is 0.0841. The normalized spacial score (nSPS) is 28.1. The van der Waals surface area contributed by atoms with Gasteiger partial charge in [0.15, 0.2) is 0 Å². The molecule has 2 unspecified atom stereocenters. The Kier molecular flexibility index (Phi) is 4.24. The summed E-state index contributed by atoms with van der Waals surface area (Å²) >= 11 is 0. The van der Waals surface area contributed by atoms with E-state index in [1.54, 1.807) is 18.9 Å². The van der Waals surface area contributed by atoms with Gasteiger partial charge in [0.05, 0.1) is 0 Å². The monoisotopic (exact) mass is 244 g/mol. The predicted octanol–water partition coefficient (Wildman–Crippen LogP) is 1.78. The Balaban J connectivity index is 3.02. The van der Waals surface area contributed by atoms with Crippen molar-refractivity contribution < 1.29 is 10.2 Å². The van der Waals surface area contributed by atoms with Crippen LogP contribution in [0.2, 0.25) is 0 Å². The lowest BCUT2D eigenvalue weighted by atomic mass is 9.68. The van der Waals surface area contributed by atoms with Gasteiger partial charge < -0.3 is 10.2 Å². The van der Waals surface area contributed by atoms with E-state index >= 15 is 0 Å². The Labute approximate surface area is 105 Å². The second-order valence-electron chi connectivity index (χ2n) is 6.31. The van der Waals surface area contributed by atoms with Crippen molar-refractivity contribution in [3.05, 3.63) is 0 Å². The zero-order valence-corrected chi connectivity index (χ0v) is 12.1. The largest absolute Gasteiger partial charge is 0.377 e. The minimum atomic E-state index is -0.678. The van der Waals surface area contributed by atoms with Gasteiger partial charge in [-0.05, 0) is 46.0 Å². The summed E-state index contributed by atoms with van der Waals surface area (Å²) < 4.78 is 0. The summed E-state index contributed by atoms with van der Waals surface area (Å²) in [6, 6.07) is 0. The van der Waals surface area contributed by atoms with Crippen molar-refractivity contribution in [2.24, 2.45) is 5.41 Å². The lowest BCUT2D eigenvalue weighted by Gasteiger charge is -2.57. The molecule has 17 heavy (non-hydrogen) atoms. The molecule has 1 aliphatic rings. The summed E-state index contributed by atoms with van der Waals surface area (Å²) in [5, 5.41) is 23.5. The van der Waals surface area contributed by atoms with E-state index in [-0.39, 0.29) is 11.0 Å². The lowest BCUT2D eigenvalue weighted by Crippen LogP contribution is -2.66. The lowest BCUT2D eigenvalue weighted by molar-refractivity contribution is -0.265. The van der Waals surface area contributed by atoms with Crippen LogP contribution in [0.4, 0.5) is 0 Å². The summed E-state index contributed by atoms with van der Waals surface area (Å²) in [6.45, 7) is 13.2. The maximum atomic E-state index is 9.86. The molecule has 0 amide bonds. The average molecular weight is 244 g/mol. The molecule has 0 aromatic heterocycles. The molecule has 4 nitrogen and oxygen atoms in total. The molecule has 0 aromatic carbocycles. The Morgan fingerprint density at radius 1 is 1.06 bits per heavy atom. The average Bonchev–Trinajstić information content (AvgIpc) is 2.12. The van der Waals surface area contributed by atoms with Crippen molar-refractivity contribution in [1.82, 2.24) is 10.0 Å². The third kappa shape index (κ3) is 2.65. The zero-order valence-electron chi connectivity index (χ0n) is 12.1. The molecule has 0 aliphatic carbocycles. The highest BCUT2D eigenvalue weighted by Gasteiger charge is 2.47. The number of hydrogen-bond donors (Lipinski definition) is 2. The maximum absolute atomic E-state index is 9.86. The molecule has 1 rings (SSSR count). The van der Waals surface area contributed by atoms with Crippen molar-refractivity contribution in [3.8, 4) is 0 Å². The maximum Gasteiger partial charge on any atom is 0.120 e. The van der Waals surface area contributed by atoms with Gasteiger partial charge >= 0.3 is 0 Å². The molecule has 2 N–H and O–H groups in total. The van der Waals surface area contributed by atoms with Crippen LogP contribution in [0.15, 0.2) is 0 Å². The third-order valence-electron chi connectivity index (χ3n) is 4.52. The van der Waals surface area contributed by atoms with Crippen LogP contribution in [0.3, 0.4) is 0 Å². The summed E-state index contributed by atoms with van der Waals surface area (Å²) in [5.74, 6) is 0. The van der Waals surface area contributed by atoms with Crippen molar-refractivity contribution in [2.45, 2.75) is 72.4 Å². The van der Waals surface area contributed by atoms with E-state index in [2.05, 4.69) is 32.7 Å². The van der Waals surface area contributed by atoms with Crippen LogP contribution in [-0.2, 0) is 0 Å². The highest BCUT2D eigenvalue weighted by Crippen LogP contribution is 2.44. The van der Waals surface area contributed by atoms with Gasteiger partial charge in [-0.2, -0.15) is 5.01 Å². The molecular formula is C13H28N2O2. The minimum Gasteiger partial charge on any atom is -0.377 e. The summed E-state index contributed by atoms with van der Waals surface area (Å²) in [5.41, 5.74) is 0.0759. The smallest absolute Gasteiger partial charge is 0.120 e. The Bertz CT molecular complexity index is 254. The Morgan fingerprint density at radius 3 is 1.94 bits per heavy atom. The Hall–Kier alpha value is -0.160. The quantitative estimate of drug-likeness (QED) is 0.743. The fourth-order valence-electron chi connectivity index (χ4n) is 2.73. The van der Waals surface area contributed by atoms with Gasteiger partial charge in [0.25, 0.3) is 0 Å². The first-order valence-electron chi connectivity index (χ1n) is 6.53. The van der Waals surface area contributed by atoms with E-state index in [1.165, 1.54) is 6.42 Å². The molecule has 0 radical (unpaired) electrons. The molecule has 1 heterocycles. The number of nitrogens with zero attached hydrogens (tertiary/aromatic N) is 2. The SMILES string of the molecule is CC(O)N(C(C)O)N1CCCC(C)(C)C1(C)C. The van der Waals surface area contributed by atoms with Crippen LogP contribution in [0.25, 0.3) is 0 Å². The van der Waals surface area contributed by atoms with Crippen LogP contribution in [-0.4, -0.2) is 44.8 Å². The molecule has 1 aliphatic heterocycles. The number of aliphatic hydroxyl groups is 2. The molecule has 4 heteroatoms. The van der Waals surface area contributed by atoms with Crippen LogP contribution >= 0.6 is 0 Å². The molecule has 2 atom stereocenters. The van der Waals surface area contributed by atoms with Gasteiger partial charge in [-0.25, -0.2) is 5.01 Å². The van der Waals surface area contributed by atoms with E-state index in [9.17, 15) is 10.2 Å². The van der Waals surface area contributed by atoms with Gasteiger partial charge in [0, 0.05) is 12.1 Å². The summed E-state index contributed by atoms with van der Waals surface area (Å²) in [6.07, 6.45) is 0.905. The van der Waals surface area contributed by atoms with E-state index in [4.69, 9.17) is 0 Å². The number of hydrogen-bond acceptors (Lipinski definition) is 4. The molecule has 0 saturated carbocycles. The Morgan fingerprint density at radius 2 is 1.53 bits per heavy atom. The fourth-order valence-corrected chi connectivity index (χ4v) is 2.73. The predicted molar refractivity (Wildman–Crippen MR) is 69.0 cm³/mol. The van der Waals surface area contributed by atoms with Gasteiger partial charge in [0.2, 0.25) is 0 Å². The van der Waals surface area contributed by atoms with E-state index < -0.39 is 12.5 Å². The van der Waals surface area contributed by atoms with Crippen LogP contribution in [0.5, 0.6) is 0 Å². The highest BCUT2D eigenvalue weighted by atomic mass is 16.3. The standard InChI is InChI=1S/C13H28N2O2/c1-10(16)15(11(2)17)14-9-7-8-12(3,4)13(14,5)6/h10-11,16-17H,7-9H2,1-6H3. The summed E-state index contributed by atoms with van der Waals surface area (Å²) in [4.78, 5) is 0. The second-order valence-corrected chi connectivity index (χ2v) is 6.31. The van der Waals surface area contributed by atoms with Crippen LogP contribution in [0, 0.1) is 5.41 Å². The third-order valence-corrected chi connectivity index (χ3v) is 4.52. The summed E-state index contributed by atoms with van der Waals surface area (Å²) in [7, 11) is 0. The molecule has 1 fully saturated rings. The molecule has 102 valence electrons. The molecule has 0 aromatic rings. The fraction of sp³-hybridized carbons (Fsp3) is 1.00. The van der Waals surface area contributed by atoms with Gasteiger partial charge in [0.1, 0.15) is 12.5 Å². The first-order valence-corrected chi connectivity index (χ1v) is 6.53. The molecular weight excluding hydrogens is 216 g/mol. The first kappa shape index (κ1) is 14.9. The number of rotatable bonds is 3. The molecule has 0 spiro atoms. The van der Waals surface area contributed by atoms with Crippen molar-refractivity contribution in [1.29, 1.82) is 0 Å². The second kappa shape index (κ2) is 4.84. The van der Waals surface area contributed by atoms with Crippen LogP contribution in [0.1, 0.15) is 54.4 Å². The van der Waals surface area contributed by atoms with Crippen molar-refractivity contribution >= 4 is 0 Å².